The van der Waals surface area contributed by atoms with Crippen LogP contribution in [0.25, 0.3) is 0 Å². The van der Waals surface area contributed by atoms with E-state index in [1.54, 1.807) is 5.94 Å². The van der Waals surface area contributed by atoms with Gasteiger partial charge in [-0.1, -0.05) is 0 Å². The molecule has 0 radical (unpaired) electrons. The predicted molar refractivity (Wildman–Crippen MR) is 39.5 cm³/mol. The lowest BCUT2D eigenvalue weighted by Crippen LogP contribution is -2.42. The molecular formula is C7H10N2O2. The molecule has 1 aliphatic rings. The van der Waals surface area contributed by atoms with E-state index in [4.69, 9.17) is 0 Å². The van der Waals surface area contributed by atoms with Crippen LogP contribution in [-0.4, -0.2) is 48.8 Å². The van der Waals surface area contributed by atoms with E-state index in [1.807, 2.05) is 11.9 Å². The Morgan fingerprint density at radius 2 is 2.27 bits per heavy atom. The van der Waals surface area contributed by atoms with Crippen LogP contribution in [0.5, 0.6) is 0 Å². The van der Waals surface area contributed by atoms with Gasteiger partial charge in [-0.05, 0) is 7.05 Å². The van der Waals surface area contributed by atoms with E-state index < -0.39 is 0 Å². The van der Waals surface area contributed by atoms with E-state index in [9.17, 15) is 9.59 Å². The van der Waals surface area contributed by atoms with Gasteiger partial charge in [0.2, 0.25) is 6.41 Å². The molecule has 1 aliphatic heterocycles. The van der Waals surface area contributed by atoms with Gasteiger partial charge in [-0.3, -0.25) is 9.69 Å². The van der Waals surface area contributed by atoms with E-state index in [1.165, 1.54) is 4.90 Å². The minimum absolute atomic E-state index is 0.425. The summed E-state index contributed by atoms with van der Waals surface area (Å²) in [6.07, 6.45) is 0.674. The second-order valence-corrected chi connectivity index (χ2v) is 2.59. The number of hydrogen-bond donors (Lipinski definition) is 0. The first kappa shape index (κ1) is 7.98. The van der Waals surface area contributed by atoms with Gasteiger partial charge in [0.25, 0.3) is 0 Å². The number of likely N-dealkylation sites (N-methyl/N-ethyl adjacent to an activating group) is 1. The molecule has 0 bridgehead atoms. The molecule has 1 amide bonds. The number of hydrogen-bond acceptors (Lipinski definition) is 3. The Hall–Kier alpha value is -1.12. The monoisotopic (exact) mass is 154 g/mol. The van der Waals surface area contributed by atoms with Crippen LogP contribution in [0.4, 0.5) is 0 Å². The molecule has 4 heteroatoms. The number of rotatable bonds is 1. The van der Waals surface area contributed by atoms with Crippen LogP contribution >= 0.6 is 0 Å². The summed E-state index contributed by atoms with van der Waals surface area (Å²) in [4.78, 5) is 24.0. The van der Waals surface area contributed by atoms with Crippen molar-refractivity contribution in [2.75, 3.05) is 26.7 Å². The van der Waals surface area contributed by atoms with Gasteiger partial charge in [0, 0.05) is 19.6 Å². The lowest BCUT2D eigenvalue weighted by Gasteiger charge is -2.29. The summed E-state index contributed by atoms with van der Waals surface area (Å²) >= 11 is 0. The Labute approximate surface area is 65.1 Å². The van der Waals surface area contributed by atoms with Gasteiger partial charge >= 0.3 is 0 Å². The topological polar surface area (TPSA) is 40.6 Å². The zero-order valence-corrected chi connectivity index (χ0v) is 6.41. The molecule has 0 aliphatic carbocycles. The molecule has 11 heavy (non-hydrogen) atoms. The van der Waals surface area contributed by atoms with Crippen LogP contribution in [0.3, 0.4) is 0 Å². The van der Waals surface area contributed by atoms with Crippen molar-refractivity contribution >= 4 is 12.4 Å². The first-order valence-corrected chi connectivity index (χ1v) is 3.42. The van der Waals surface area contributed by atoms with Crippen molar-refractivity contribution in [1.82, 2.24) is 9.80 Å². The molecule has 1 heterocycles. The Kier molecular flexibility index (Phi) is 2.41. The highest BCUT2D eigenvalue weighted by molar-refractivity contribution is 5.62. The van der Waals surface area contributed by atoms with Crippen molar-refractivity contribution in [3.8, 4) is 0 Å². The molecule has 0 atom stereocenters. The number of carbonyl (C=O) groups excluding carboxylic acids is 2. The second kappa shape index (κ2) is 3.32. The van der Waals surface area contributed by atoms with Gasteiger partial charge in [-0.2, -0.15) is 0 Å². The SMILES string of the molecule is CN1CCN(C=O)C(=C=O)C1. The summed E-state index contributed by atoms with van der Waals surface area (Å²) in [5.74, 6) is 1.76. The van der Waals surface area contributed by atoms with Gasteiger partial charge in [0.05, 0.1) is 0 Å². The first-order chi connectivity index (χ1) is 5.27. The standard InChI is InChI=1S/C7H10N2O2/c1-8-2-3-9(6-11)7(4-8)5-10/h6H,2-4H2,1H3. The molecule has 0 aromatic rings. The molecule has 0 N–H and O–H groups in total. The molecule has 4 nitrogen and oxygen atoms in total. The van der Waals surface area contributed by atoms with Crippen LogP contribution in [0, 0.1) is 0 Å². The van der Waals surface area contributed by atoms with Gasteiger partial charge < -0.3 is 4.90 Å². The maximum Gasteiger partial charge on any atom is 0.214 e. The highest BCUT2D eigenvalue weighted by Crippen LogP contribution is 2.05. The van der Waals surface area contributed by atoms with Crippen molar-refractivity contribution < 1.29 is 9.59 Å². The summed E-state index contributed by atoms with van der Waals surface area (Å²) in [6.45, 7) is 1.91. The molecule has 0 saturated carbocycles. The molecule has 60 valence electrons. The Morgan fingerprint density at radius 3 is 2.82 bits per heavy atom. The third-order valence-corrected chi connectivity index (χ3v) is 1.73. The third-order valence-electron chi connectivity index (χ3n) is 1.73. The minimum atomic E-state index is 0.425. The normalized spacial score (nSPS) is 19.7. The minimum Gasteiger partial charge on any atom is -0.307 e. The van der Waals surface area contributed by atoms with Crippen molar-refractivity contribution in [3.63, 3.8) is 0 Å². The smallest absolute Gasteiger partial charge is 0.214 e. The number of nitrogens with zero attached hydrogens (tertiary/aromatic N) is 2. The van der Waals surface area contributed by atoms with Crippen LogP contribution in [0.15, 0.2) is 5.70 Å². The number of carbonyl (C=O) groups is 1. The van der Waals surface area contributed by atoms with Gasteiger partial charge in [0.1, 0.15) is 11.6 Å². The van der Waals surface area contributed by atoms with E-state index in [-0.39, 0.29) is 0 Å². The van der Waals surface area contributed by atoms with Crippen LogP contribution < -0.4 is 0 Å². The fourth-order valence-electron chi connectivity index (χ4n) is 1.05. The fourth-order valence-corrected chi connectivity index (χ4v) is 1.05. The summed E-state index contributed by atoms with van der Waals surface area (Å²) < 4.78 is 0. The summed E-state index contributed by atoms with van der Waals surface area (Å²) in [5, 5.41) is 0. The van der Waals surface area contributed by atoms with Crippen molar-refractivity contribution in [1.29, 1.82) is 0 Å². The third kappa shape index (κ3) is 1.67. The van der Waals surface area contributed by atoms with Crippen LogP contribution in [0.2, 0.25) is 0 Å². The average molecular weight is 154 g/mol. The summed E-state index contributed by atoms with van der Waals surface area (Å²) in [7, 11) is 1.90. The molecule has 0 unspecified atom stereocenters. The highest BCUT2D eigenvalue weighted by Gasteiger charge is 2.17. The summed E-state index contributed by atoms with van der Waals surface area (Å²) in [5.41, 5.74) is 0.425. The lowest BCUT2D eigenvalue weighted by molar-refractivity contribution is -0.117. The number of piperazine rings is 1. The average Bonchev–Trinajstić information content (AvgIpc) is 2.04. The molecule has 0 aromatic carbocycles. The zero-order chi connectivity index (χ0) is 8.27. The van der Waals surface area contributed by atoms with E-state index in [0.717, 1.165) is 6.54 Å². The van der Waals surface area contributed by atoms with Crippen molar-refractivity contribution in [2.45, 2.75) is 0 Å². The largest absolute Gasteiger partial charge is 0.307 e. The number of amides is 1. The molecule has 1 fully saturated rings. The van der Waals surface area contributed by atoms with Gasteiger partial charge in [-0.15, -0.1) is 0 Å². The quantitative estimate of drug-likeness (QED) is 0.363. The Bertz CT molecular complexity index is 208. The van der Waals surface area contributed by atoms with Gasteiger partial charge in [-0.25, -0.2) is 4.79 Å². The molecule has 1 saturated heterocycles. The van der Waals surface area contributed by atoms with E-state index >= 15 is 0 Å². The maximum absolute atomic E-state index is 10.3. The molecule has 0 aromatic heterocycles. The van der Waals surface area contributed by atoms with E-state index in [0.29, 0.717) is 25.2 Å². The lowest BCUT2D eigenvalue weighted by atomic mass is 10.3. The molecule has 0 spiro atoms. The first-order valence-electron chi connectivity index (χ1n) is 3.42. The Morgan fingerprint density at radius 1 is 1.55 bits per heavy atom. The summed E-state index contributed by atoms with van der Waals surface area (Å²) in [6, 6.07) is 0. The Balaban J connectivity index is 2.70. The second-order valence-electron chi connectivity index (χ2n) is 2.59. The molecular weight excluding hydrogens is 144 g/mol. The predicted octanol–water partition coefficient (Wildman–Crippen LogP) is -0.894. The van der Waals surface area contributed by atoms with Gasteiger partial charge in [0.15, 0.2) is 0 Å². The molecule has 1 rings (SSSR count). The van der Waals surface area contributed by atoms with E-state index in [2.05, 4.69) is 0 Å². The van der Waals surface area contributed by atoms with Crippen LogP contribution in [-0.2, 0) is 9.59 Å². The highest BCUT2D eigenvalue weighted by atomic mass is 16.1. The zero-order valence-electron chi connectivity index (χ0n) is 6.41. The van der Waals surface area contributed by atoms with Crippen LogP contribution in [0.1, 0.15) is 0 Å². The van der Waals surface area contributed by atoms with Crippen molar-refractivity contribution in [2.24, 2.45) is 0 Å². The van der Waals surface area contributed by atoms with Crippen molar-refractivity contribution in [3.05, 3.63) is 5.70 Å². The fraction of sp³-hybridized carbons (Fsp3) is 0.571. The maximum atomic E-state index is 10.3.